The van der Waals surface area contributed by atoms with Gasteiger partial charge in [0, 0.05) is 6.07 Å². The molecule has 0 fully saturated rings. The van der Waals surface area contributed by atoms with E-state index in [2.05, 4.69) is 31.5 Å². The first-order valence-electron chi connectivity index (χ1n) is 5.22. The van der Waals surface area contributed by atoms with Gasteiger partial charge >= 0.3 is 0 Å². The van der Waals surface area contributed by atoms with Crippen LogP contribution in [0, 0.1) is 0 Å². The molecule has 0 unspecified atom stereocenters. The fraction of sp³-hybridized carbons (Fsp3) is 0.300. The highest BCUT2D eigenvalue weighted by Gasteiger charge is 2.08. The van der Waals surface area contributed by atoms with Crippen molar-refractivity contribution in [2.24, 2.45) is 0 Å². The third-order valence-electron chi connectivity index (χ3n) is 2.25. The molecule has 0 saturated carbocycles. The van der Waals surface area contributed by atoms with Gasteiger partial charge in [-0.15, -0.1) is 0 Å². The molecule has 18 heavy (non-hydrogen) atoms. The Morgan fingerprint density at radius 2 is 2.39 bits per heavy atom. The zero-order valence-electron chi connectivity index (χ0n) is 9.34. The van der Waals surface area contributed by atoms with Crippen molar-refractivity contribution in [3.8, 4) is 0 Å². The summed E-state index contributed by atoms with van der Waals surface area (Å²) in [5, 5.41) is 19.5. The Balaban J connectivity index is 2.14. The molecule has 0 aliphatic heterocycles. The van der Waals surface area contributed by atoms with Crippen LogP contribution in [0.2, 0.25) is 0 Å². The second kappa shape index (κ2) is 5.78. The number of hydrogen-bond donors (Lipinski definition) is 2. The first-order chi connectivity index (χ1) is 8.72. The summed E-state index contributed by atoms with van der Waals surface area (Å²) < 4.78 is 6.25. The van der Waals surface area contributed by atoms with Crippen LogP contribution in [0.5, 0.6) is 0 Å². The largest absolute Gasteiger partial charge is 0.394 e. The van der Waals surface area contributed by atoms with E-state index in [1.54, 1.807) is 6.07 Å². The third-order valence-corrected chi connectivity index (χ3v) is 3.01. The highest BCUT2D eigenvalue weighted by atomic mass is 79.9. The van der Waals surface area contributed by atoms with Gasteiger partial charge in [0.15, 0.2) is 0 Å². The molecule has 2 heterocycles. The van der Waals surface area contributed by atoms with Crippen molar-refractivity contribution in [2.45, 2.75) is 13.1 Å². The van der Waals surface area contributed by atoms with E-state index in [0.717, 1.165) is 5.69 Å². The average Bonchev–Trinajstić information content (AvgIpc) is 2.87. The van der Waals surface area contributed by atoms with Crippen LogP contribution in [-0.4, -0.2) is 26.7 Å². The number of rotatable bonds is 5. The minimum absolute atomic E-state index is 0.134. The lowest BCUT2D eigenvalue weighted by Gasteiger charge is -2.08. The van der Waals surface area contributed by atoms with Crippen molar-refractivity contribution >= 4 is 21.6 Å². The van der Waals surface area contributed by atoms with Gasteiger partial charge in [0.1, 0.15) is 16.4 Å². The molecule has 7 nitrogen and oxygen atoms in total. The van der Waals surface area contributed by atoms with Crippen molar-refractivity contribution in [3.05, 3.63) is 39.0 Å². The van der Waals surface area contributed by atoms with Crippen molar-refractivity contribution in [1.29, 1.82) is 0 Å². The Labute approximate surface area is 111 Å². The van der Waals surface area contributed by atoms with E-state index in [1.165, 1.54) is 17.1 Å². The third kappa shape index (κ3) is 2.77. The summed E-state index contributed by atoms with van der Waals surface area (Å²) in [6.07, 6.45) is 2.99. The normalized spacial score (nSPS) is 10.6. The fourth-order valence-electron chi connectivity index (χ4n) is 1.36. The summed E-state index contributed by atoms with van der Waals surface area (Å²) in [5.74, 6) is 0. The van der Waals surface area contributed by atoms with Crippen molar-refractivity contribution in [1.82, 2.24) is 14.9 Å². The Hall–Kier alpha value is -1.67. The summed E-state index contributed by atoms with van der Waals surface area (Å²) >= 11 is 3.20. The summed E-state index contributed by atoms with van der Waals surface area (Å²) in [7, 11) is 0. The number of nitrogens with zero attached hydrogens (tertiary/aromatic N) is 3. The minimum atomic E-state index is -0.297. The van der Waals surface area contributed by atoms with E-state index in [0.29, 0.717) is 16.7 Å². The van der Waals surface area contributed by atoms with Gasteiger partial charge in [-0.05, 0) is 15.9 Å². The molecule has 0 saturated heterocycles. The van der Waals surface area contributed by atoms with Gasteiger partial charge in [0.2, 0.25) is 0 Å². The van der Waals surface area contributed by atoms with E-state index < -0.39 is 0 Å². The lowest BCUT2D eigenvalue weighted by molar-refractivity contribution is 0.266. The first kappa shape index (κ1) is 12.8. The predicted molar refractivity (Wildman–Crippen MR) is 67.1 cm³/mol. The van der Waals surface area contributed by atoms with E-state index in [4.69, 9.17) is 9.63 Å². The Kier molecular flexibility index (Phi) is 4.11. The topological polar surface area (TPSA) is 93.2 Å². The molecule has 2 aromatic rings. The Morgan fingerprint density at radius 1 is 1.56 bits per heavy atom. The predicted octanol–water partition coefficient (Wildman–Crippen LogP) is 0.598. The smallest absolute Gasteiger partial charge is 0.283 e. The van der Waals surface area contributed by atoms with Crippen LogP contribution in [-0.2, 0) is 13.1 Å². The standard InChI is InChI=1S/C10H11BrN4O3/c11-9-8(12-5-7-1-4-18-14-7)6-13-15(2-3-16)10(9)17/h1,4,6,12,16H,2-3,5H2. The summed E-state index contributed by atoms with van der Waals surface area (Å²) in [6.45, 7) is 0.465. The molecule has 0 spiro atoms. The van der Waals surface area contributed by atoms with E-state index in [-0.39, 0.29) is 18.7 Å². The maximum absolute atomic E-state index is 11.8. The highest BCUT2D eigenvalue weighted by molar-refractivity contribution is 9.10. The van der Waals surface area contributed by atoms with E-state index in [1.807, 2.05) is 0 Å². The number of aromatic nitrogens is 3. The lowest BCUT2D eigenvalue weighted by atomic mass is 10.4. The fourth-order valence-corrected chi connectivity index (χ4v) is 1.80. The summed E-state index contributed by atoms with van der Waals surface area (Å²) in [6, 6.07) is 1.72. The second-order valence-corrected chi connectivity index (χ2v) is 4.26. The lowest BCUT2D eigenvalue weighted by Crippen LogP contribution is -2.25. The first-order valence-corrected chi connectivity index (χ1v) is 6.01. The second-order valence-electron chi connectivity index (χ2n) is 3.47. The quantitative estimate of drug-likeness (QED) is 0.839. The number of nitrogens with one attached hydrogen (secondary N) is 1. The molecule has 0 aliphatic carbocycles. The van der Waals surface area contributed by atoms with Gasteiger partial charge in [-0.25, -0.2) is 4.68 Å². The molecule has 0 amide bonds. The molecule has 0 bridgehead atoms. The molecule has 96 valence electrons. The maximum atomic E-state index is 11.8. The number of aliphatic hydroxyl groups excluding tert-OH is 1. The molecular formula is C10H11BrN4O3. The monoisotopic (exact) mass is 314 g/mol. The number of halogens is 1. The number of hydrogen-bond acceptors (Lipinski definition) is 6. The zero-order chi connectivity index (χ0) is 13.0. The van der Waals surface area contributed by atoms with Crippen LogP contribution in [0.4, 0.5) is 5.69 Å². The summed E-state index contributed by atoms with van der Waals surface area (Å²) in [5.41, 5.74) is 0.993. The molecule has 8 heteroatoms. The summed E-state index contributed by atoms with van der Waals surface area (Å²) in [4.78, 5) is 11.8. The van der Waals surface area contributed by atoms with Crippen molar-refractivity contribution in [3.63, 3.8) is 0 Å². The number of aliphatic hydroxyl groups is 1. The van der Waals surface area contributed by atoms with Crippen LogP contribution in [0.15, 0.2) is 32.3 Å². The van der Waals surface area contributed by atoms with E-state index in [9.17, 15) is 4.79 Å². The zero-order valence-corrected chi connectivity index (χ0v) is 10.9. The van der Waals surface area contributed by atoms with Gasteiger partial charge in [-0.1, -0.05) is 5.16 Å². The molecule has 2 rings (SSSR count). The van der Waals surface area contributed by atoms with Crippen molar-refractivity contribution < 1.29 is 9.63 Å². The van der Waals surface area contributed by atoms with Gasteiger partial charge in [-0.3, -0.25) is 4.79 Å². The van der Waals surface area contributed by atoms with Crippen LogP contribution in [0.25, 0.3) is 0 Å². The molecule has 2 aromatic heterocycles. The van der Waals surface area contributed by atoms with Crippen LogP contribution >= 0.6 is 15.9 Å². The molecule has 0 radical (unpaired) electrons. The Bertz CT molecular complexity index is 567. The van der Waals surface area contributed by atoms with Crippen molar-refractivity contribution in [2.75, 3.05) is 11.9 Å². The molecular weight excluding hydrogens is 304 g/mol. The van der Waals surface area contributed by atoms with Gasteiger partial charge in [-0.2, -0.15) is 5.10 Å². The molecule has 2 N–H and O–H groups in total. The molecule has 0 atom stereocenters. The Morgan fingerprint density at radius 3 is 3.06 bits per heavy atom. The van der Waals surface area contributed by atoms with E-state index >= 15 is 0 Å². The van der Waals surface area contributed by atoms with Crippen LogP contribution in [0.1, 0.15) is 5.69 Å². The van der Waals surface area contributed by atoms with Crippen LogP contribution in [0.3, 0.4) is 0 Å². The highest BCUT2D eigenvalue weighted by Crippen LogP contribution is 2.16. The molecule has 0 aromatic carbocycles. The maximum Gasteiger partial charge on any atom is 0.283 e. The molecule has 0 aliphatic rings. The van der Waals surface area contributed by atoms with Gasteiger partial charge in [0.05, 0.1) is 31.6 Å². The number of anilines is 1. The van der Waals surface area contributed by atoms with Crippen LogP contribution < -0.4 is 10.9 Å². The van der Waals surface area contributed by atoms with Gasteiger partial charge < -0.3 is 14.9 Å². The minimum Gasteiger partial charge on any atom is -0.394 e. The van der Waals surface area contributed by atoms with Gasteiger partial charge in [0.25, 0.3) is 5.56 Å². The SMILES string of the molecule is O=c1c(Br)c(NCc2ccon2)cnn1CCO. The average molecular weight is 315 g/mol.